The van der Waals surface area contributed by atoms with Crippen molar-refractivity contribution in [3.05, 3.63) is 71.8 Å². The van der Waals surface area contributed by atoms with Gasteiger partial charge in [0, 0.05) is 35.7 Å². The Bertz CT molecular complexity index is 1040. The van der Waals surface area contributed by atoms with Gasteiger partial charge >= 0.3 is 0 Å². The van der Waals surface area contributed by atoms with Crippen molar-refractivity contribution in [2.75, 3.05) is 26.1 Å². The lowest BCUT2D eigenvalue weighted by atomic mass is 9.86. The topological polar surface area (TPSA) is 32.7 Å². The number of nitrogens with zero attached hydrogens (tertiary/aromatic N) is 1. The maximum Gasteiger partial charge on any atom is 0.127 e. The summed E-state index contributed by atoms with van der Waals surface area (Å²) in [6.45, 7) is 8.56. The Labute approximate surface area is 182 Å². The van der Waals surface area contributed by atoms with Crippen molar-refractivity contribution in [1.29, 1.82) is 0 Å². The van der Waals surface area contributed by atoms with E-state index in [0.29, 0.717) is 5.75 Å². The van der Waals surface area contributed by atoms with Crippen molar-refractivity contribution in [2.45, 2.75) is 33.1 Å². The highest BCUT2D eigenvalue weighted by Gasteiger charge is 2.29. The molecule has 0 spiro atoms. The summed E-state index contributed by atoms with van der Waals surface area (Å²) < 4.78 is 5.77. The van der Waals surface area contributed by atoms with Crippen LogP contribution in [0.4, 0.5) is 5.69 Å². The van der Waals surface area contributed by atoms with Gasteiger partial charge in [-0.2, -0.15) is 0 Å². The molecule has 0 aliphatic heterocycles. The molecule has 3 aromatic carbocycles. The van der Waals surface area contributed by atoms with Crippen LogP contribution in [-0.4, -0.2) is 26.3 Å². The van der Waals surface area contributed by atoms with Crippen LogP contribution in [0.5, 0.6) is 11.5 Å². The minimum atomic E-state index is -1.05. The molecule has 3 aromatic rings. The Morgan fingerprint density at radius 3 is 2.13 bits per heavy atom. The van der Waals surface area contributed by atoms with E-state index in [9.17, 15) is 5.11 Å². The summed E-state index contributed by atoms with van der Waals surface area (Å²) in [6.07, 6.45) is 0. The van der Waals surface area contributed by atoms with Crippen LogP contribution in [0.25, 0.3) is 0 Å². The number of benzene rings is 3. The third-order valence-electron chi connectivity index (χ3n) is 5.31. The van der Waals surface area contributed by atoms with E-state index in [-0.39, 0.29) is 5.41 Å². The average molecular weight is 422 g/mol. The number of methoxy groups -OCH3 is 1. The summed E-state index contributed by atoms with van der Waals surface area (Å²) in [6, 6.07) is 20.7. The van der Waals surface area contributed by atoms with Gasteiger partial charge in [-0.1, -0.05) is 69.3 Å². The lowest BCUT2D eigenvalue weighted by molar-refractivity contribution is 0.418. The van der Waals surface area contributed by atoms with E-state index >= 15 is 0 Å². The summed E-state index contributed by atoms with van der Waals surface area (Å²) in [4.78, 5) is 2.15. The van der Waals surface area contributed by atoms with Gasteiger partial charge < -0.3 is 14.7 Å². The molecule has 3 nitrogen and oxygen atoms in total. The van der Waals surface area contributed by atoms with Gasteiger partial charge in [0.2, 0.25) is 0 Å². The van der Waals surface area contributed by atoms with E-state index < -0.39 is 7.92 Å². The maximum absolute atomic E-state index is 11.5. The molecule has 0 aromatic heterocycles. The summed E-state index contributed by atoms with van der Waals surface area (Å²) in [5.74, 6) is 1.23. The highest BCUT2D eigenvalue weighted by atomic mass is 31.1. The zero-order chi connectivity index (χ0) is 22.1. The van der Waals surface area contributed by atoms with Crippen molar-refractivity contribution < 1.29 is 9.84 Å². The van der Waals surface area contributed by atoms with Crippen LogP contribution >= 0.6 is 7.92 Å². The molecule has 0 saturated carbocycles. The molecule has 0 bridgehead atoms. The van der Waals surface area contributed by atoms with Crippen LogP contribution in [0.3, 0.4) is 0 Å². The molecule has 1 atom stereocenters. The molecule has 1 unspecified atom stereocenters. The predicted molar refractivity (Wildman–Crippen MR) is 131 cm³/mol. The number of aryl methyl sites for hydroxylation is 1. The molecule has 0 fully saturated rings. The monoisotopic (exact) mass is 421 g/mol. The Balaban J connectivity index is 2.41. The van der Waals surface area contributed by atoms with Crippen molar-refractivity contribution in [2.24, 2.45) is 0 Å². The van der Waals surface area contributed by atoms with Crippen LogP contribution in [0.2, 0.25) is 0 Å². The average Bonchev–Trinajstić information content (AvgIpc) is 2.69. The smallest absolute Gasteiger partial charge is 0.127 e. The quantitative estimate of drug-likeness (QED) is 0.599. The first-order valence-electron chi connectivity index (χ1n) is 10.2. The second-order valence-electron chi connectivity index (χ2n) is 8.77. The summed E-state index contributed by atoms with van der Waals surface area (Å²) in [7, 11) is 4.80. The predicted octanol–water partition coefficient (Wildman–Crippen LogP) is 4.83. The molecule has 0 amide bonds. The first-order chi connectivity index (χ1) is 14.2. The fourth-order valence-corrected chi connectivity index (χ4v) is 6.66. The lowest BCUT2D eigenvalue weighted by Gasteiger charge is -2.30. The zero-order valence-electron chi connectivity index (χ0n) is 19.0. The first-order valence-corrected chi connectivity index (χ1v) is 11.5. The number of ether oxygens (including phenoxy) is 1. The molecule has 30 heavy (non-hydrogen) atoms. The van der Waals surface area contributed by atoms with Crippen molar-refractivity contribution in [3.63, 3.8) is 0 Å². The van der Waals surface area contributed by atoms with Crippen LogP contribution in [0, 0.1) is 6.92 Å². The largest absolute Gasteiger partial charge is 0.507 e. The molecule has 1 N–H and O–H groups in total. The fourth-order valence-electron chi connectivity index (χ4n) is 3.80. The standard InChI is InChI=1S/C26H32NO2P/c1-18-12-10-14-20(27(5)6)25(18)30(22-16-9-8-15-21(22)29-7)23-17-11-13-19(24(23)28)26(2,3)4/h8-17,28H,1-7H3. The maximum atomic E-state index is 11.5. The van der Waals surface area contributed by atoms with Gasteiger partial charge in [-0.3, -0.25) is 0 Å². The normalized spacial score (nSPS) is 12.5. The minimum Gasteiger partial charge on any atom is -0.507 e. The van der Waals surface area contributed by atoms with Gasteiger partial charge in [0.1, 0.15) is 11.5 Å². The Kier molecular flexibility index (Phi) is 6.43. The molecule has 0 saturated heterocycles. The number of phenolic OH excluding ortho intramolecular Hbond substituents is 1. The van der Waals surface area contributed by atoms with E-state index in [4.69, 9.17) is 4.74 Å². The third kappa shape index (κ3) is 4.18. The van der Waals surface area contributed by atoms with Gasteiger partial charge in [0.05, 0.1) is 7.11 Å². The number of hydrogen-bond acceptors (Lipinski definition) is 3. The van der Waals surface area contributed by atoms with E-state index in [1.165, 1.54) is 10.9 Å². The van der Waals surface area contributed by atoms with Gasteiger partial charge in [0.25, 0.3) is 0 Å². The summed E-state index contributed by atoms with van der Waals surface area (Å²) >= 11 is 0. The van der Waals surface area contributed by atoms with Crippen LogP contribution in [0.1, 0.15) is 31.9 Å². The van der Waals surface area contributed by atoms with Crippen molar-refractivity contribution >= 4 is 29.5 Å². The van der Waals surface area contributed by atoms with E-state index in [1.807, 2.05) is 24.3 Å². The molecule has 4 heteroatoms. The van der Waals surface area contributed by atoms with Crippen LogP contribution < -0.4 is 25.6 Å². The molecule has 0 aliphatic rings. The number of anilines is 1. The number of aromatic hydroxyl groups is 1. The minimum absolute atomic E-state index is 0.155. The number of rotatable bonds is 5. The Morgan fingerprint density at radius 2 is 1.50 bits per heavy atom. The highest BCUT2D eigenvalue weighted by Crippen LogP contribution is 2.44. The van der Waals surface area contributed by atoms with Crippen LogP contribution in [0.15, 0.2) is 60.7 Å². The van der Waals surface area contributed by atoms with Gasteiger partial charge in [0.15, 0.2) is 0 Å². The lowest BCUT2D eigenvalue weighted by Crippen LogP contribution is -2.29. The molecular weight excluding hydrogens is 389 g/mol. The second kappa shape index (κ2) is 8.70. The molecule has 3 rings (SSSR count). The third-order valence-corrected chi connectivity index (χ3v) is 8.03. The fraction of sp³-hybridized carbons (Fsp3) is 0.308. The van der Waals surface area contributed by atoms with Gasteiger partial charge in [-0.05, 0) is 43.5 Å². The molecule has 158 valence electrons. The Hall–Kier alpha value is -2.51. The van der Waals surface area contributed by atoms with Gasteiger partial charge in [-0.25, -0.2) is 0 Å². The highest BCUT2D eigenvalue weighted by molar-refractivity contribution is 7.80. The molecule has 0 heterocycles. The van der Waals surface area contributed by atoms with Crippen LogP contribution in [-0.2, 0) is 5.41 Å². The molecule has 0 aliphatic carbocycles. The second-order valence-corrected chi connectivity index (χ2v) is 10.8. The number of para-hydroxylation sites is 2. The van der Waals surface area contributed by atoms with E-state index in [0.717, 1.165) is 27.6 Å². The first kappa shape index (κ1) is 22.2. The van der Waals surface area contributed by atoms with E-state index in [1.54, 1.807) is 7.11 Å². The summed E-state index contributed by atoms with van der Waals surface area (Å²) in [5, 5.41) is 14.8. The van der Waals surface area contributed by atoms with Crippen molar-refractivity contribution in [3.8, 4) is 11.5 Å². The zero-order valence-corrected chi connectivity index (χ0v) is 19.9. The van der Waals surface area contributed by atoms with Crippen molar-refractivity contribution in [1.82, 2.24) is 0 Å². The van der Waals surface area contributed by atoms with E-state index in [2.05, 4.69) is 83.1 Å². The SMILES string of the molecule is COc1ccccc1P(c1cccc(C(C)(C)C)c1O)c1c(C)cccc1N(C)C. The summed E-state index contributed by atoms with van der Waals surface area (Å²) in [5.41, 5.74) is 3.17. The van der Waals surface area contributed by atoms with Gasteiger partial charge in [-0.15, -0.1) is 0 Å². The number of hydrogen-bond donors (Lipinski definition) is 1. The number of phenols is 1. The Morgan fingerprint density at radius 1 is 0.867 bits per heavy atom. The molecular formula is C26H32NO2P. The molecule has 0 radical (unpaired) electrons.